The fourth-order valence-corrected chi connectivity index (χ4v) is 4.81. The second-order valence-corrected chi connectivity index (χ2v) is 8.87. The van der Waals surface area contributed by atoms with Crippen LogP contribution in [0.15, 0.2) is 76.5 Å². The van der Waals surface area contributed by atoms with Gasteiger partial charge < -0.3 is 14.8 Å². The third kappa shape index (κ3) is 4.45. The topological polar surface area (TPSA) is 67.9 Å². The maximum Gasteiger partial charge on any atom is 0.265 e. The predicted molar refractivity (Wildman–Crippen MR) is 128 cm³/mol. The number of nitrogens with zero attached hydrogens (tertiary/aromatic N) is 1. The van der Waals surface area contributed by atoms with Crippen LogP contribution in [0.3, 0.4) is 0 Å². The van der Waals surface area contributed by atoms with Crippen molar-refractivity contribution in [3.63, 3.8) is 0 Å². The molecule has 0 saturated carbocycles. The van der Waals surface area contributed by atoms with E-state index in [1.165, 1.54) is 11.8 Å². The Morgan fingerprint density at radius 1 is 1.06 bits per heavy atom. The first-order chi connectivity index (χ1) is 16.1. The van der Waals surface area contributed by atoms with Crippen LogP contribution in [0, 0.1) is 6.92 Å². The van der Waals surface area contributed by atoms with Crippen LogP contribution in [0.25, 0.3) is 6.08 Å². The normalized spacial score (nSPS) is 15.5. The number of aryl methyl sites for hydroxylation is 1. The van der Waals surface area contributed by atoms with Crippen molar-refractivity contribution in [3.8, 4) is 11.5 Å². The summed E-state index contributed by atoms with van der Waals surface area (Å²) in [6.07, 6.45) is 1.90. The first kappa shape index (κ1) is 21.2. The summed E-state index contributed by atoms with van der Waals surface area (Å²) < 4.78 is 10.7. The maximum absolute atomic E-state index is 13.4. The molecular formula is C26H22N2O4S. The number of hydrogen-bond donors (Lipinski definition) is 1. The van der Waals surface area contributed by atoms with E-state index in [1.807, 2.05) is 79.7 Å². The van der Waals surface area contributed by atoms with Gasteiger partial charge in [0.05, 0.1) is 10.6 Å². The molecule has 0 aromatic heterocycles. The number of thioether (sulfide) groups is 1. The maximum atomic E-state index is 13.4. The molecule has 0 atom stereocenters. The molecule has 6 nitrogen and oxygen atoms in total. The first-order valence-electron chi connectivity index (χ1n) is 10.6. The Bertz CT molecular complexity index is 1270. The predicted octanol–water partition coefficient (Wildman–Crippen LogP) is 4.52. The van der Waals surface area contributed by atoms with Crippen LogP contribution in [-0.2, 0) is 16.1 Å². The molecule has 0 radical (unpaired) electrons. The van der Waals surface area contributed by atoms with Gasteiger partial charge in [-0.05, 0) is 54.0 Å². The number of ether oxygens (including phenoxy) is 2. The SMILES string of the molecule is Cc1ccccc1C=C1Sc2ccccc2N(CC(=O)NCc2ccc3c(c2)OCO3)C1=O. The number of anilines is 1. The third-order valence-electron chi connectivity index (χ3n) is 5.54. The van der Waals surface area contributed by atoms with Crippen LogP contribution < -0.4 is 19.7 Å². The summed E-state index contributed by atoms with van der Waals surface area (Å²) >= 11 is 1.43. The van der Waals surface area contributed by atoms with Crippen LogP contribution in [0.2, 0.25) is 0 Å². The molecule has 0 spiro atoms. The fourth-order valence-electron chi connectivity index (χ4n) is 3.76. The number of amides is 2. The van der Waals surface area contributed by atoms with Gasteiger partial charge in [0, 0.05) is 11.4 Å². The molecule has 0 bridgehead atoms. The minimum absolute atomic E-state index is 0.0634. The lowest BCUT2D eigenvalue weighted by Crippen LogP contribution is -2.42. The summed E-state index contributed by atoms with van der Waals surface area (Å²) in [4.78, 5) is 29.3. The lowest BCUT2D eigenvalue weighted by molar-refractivity contribution is -0.122. The number of para-hydroxylation sites is 1. The average Bonchev–Trinajstić information content (AvgIpc) is 3.30. The molecule has 0 unspecified atom stereocenters. The fraction of sp³-hybridized carbons (Fsp3) is 0.154. The molecule has 33 heavy (non-hydrogen) atoms. The highest BCUT2D eigenvalue weighted by atomic mass is 32.2. The summed E-state index contributed by atoms with van der Waals surface area (Å²) in [5.74, 6) is 0.953. The van der Waals surface area contributed by atoms with Gasteiger partial charge in [0.25, 0.3) is 5.91 Å². The van der Waals surface area contributed by atoms with Crippen molar-refractivity contribution in [3.05, 3.63) is 88.3 Å². The van der Waals surface area contributed by atoms with Gasteiger partial charge in [0.1, 0.15) is 6.54 Å². The number of carbonyl (C=O) groups is 2. The smallest absolute Gasteiger partial charge is 0.265 e. The first-order valence-corrected chi connectivity index (χ1v) is 11.4. The third-order valence-corrected chi connectivity index (χ3v) is 6.61. The Kier molecular flexibility index (Phi) is 5.79. The van der Waals surface area contributed by atoms with Crippen molar-refractivity contribution < 1.29 is 19.1 Å². The molecule has 5 rings (SSSR count). The number of benzene rings is 3. The number of fused-ring (bicyclic) bond motifs is 2. The highest BCUT2D eigenvalue weighted by molar-refractivity contribution is 8.04. The van der Waals surface area contributed by atoms with Crippen LogP contribution in [0.5, 0.6) is 11.5 Å². The lowest BCUT2D eigenvalue weighted by Gasteiger charge is -2.30. The van der Waals surface area contributed by atoms with Crippen LogP contribution in [0.4, 0.5) is 5.69 Å². The minimum atomic E-state index is -0.238. The second-order valence-electron chi connectivity index (χ2n) is 7.79. The summed E-state index contributed by atoms with van der Waals surface area (Å²) in [5, 5.41) is 2.91. The Balaban J connectivity index is 1.34. The van der Waals surface area contributed by atoms with E-state index >= 15 is 0 Å². The van der Waals surface area contributed by atoms with E-state index in [-0.39, 0.29) is 25.2 Å². The summed E-state index contributed by atoms with van der Waals surface area (Å²) in [6.45, 7) is 2.49. The molecule has 2 aliphatic rings. The quantitative estimate of drug-likeness (QED) is 0.570. The number of nitrogens with one attached hydrogen (secondary N) is 1. The van der Waals surface area contributed by atoms with E-state index in [2.05, 4.69) is 5.32 Å². The molecule has 2 amide bonds. The molecule has 7 heteroatoms. The van der Waals surface area contributed by atoms with Crippen LogP contribution in [-0.4, -0.2) is 25.2 Å². The highest BCUT2D eigenvalue weighted by Crippen LogP contribution is 2.42. The van der Waals surface area contributed by atoms with Gasteiger partial charge in [-0.2, -0.15) is 0 Å². The Hall–Kier alpha value is -3.71. The molecule has 0 fully saturated rings. The zero-order valence-electron chi connectivity index (χ0n) is 18.0. The molecule has 0 saturated heterocycles. The second kappa shape index (κ2) is 9.03. The lowest BCUT2D eigenvalue weighted by atomic mass is 10.1. The van der Waals surface area contributed by atoms with E-state index in [9.17, 15) is 9.59 Å². The van der Waals surface area contributed by atoms with Crippen molar-refractivity contribution in [2.75, 3.05) is 18.2 Å². The van der Waals surface area contributed by atoms with Gasteiger partial charge in [0.2, 0.25) is 12.7 Å². The van der Waals surface area contributed by atoms with Crippen LogP contribution >= 0.6 is 11.8 Å². The Morgan fingerprint density at radius 2 is 1.85 bits per heavy atom. The number of rotatable bonds is 5. The minimum Gasteiger partial charge on any atom is -0.454 e. The van der Waals surface area contributed by atoms with E-state index in [0.717, 1.165) is 27.3 Å². The number of hydrogen-bond acceptors (Lipinski definition) is 5. The van der Waals surface area contributed by atoms with Gasteiger partial charge in [0.15, 0.2) is 11.5 Å². The van der Waals surface area contributed by atoms with E-state index in [1.54, 1.807) is 4.90 Å². The van der Waals surface area contributed by atoms with E-state index in [0.29, 0.717) is 22.9 Å². The van der Waals surface area contributed by atoms with E-state index < -0.39 is 0 Å². The summed E-state index contributed by atoms with van der Waals surface area (Å²) in [5.41, 5.74) is 3.71. The molecule has 2 aliphatic heterocycles. The van der Waals surface area contributed by atoms with Gasteiger partial charge >= 0.3 is 0 Å². The Labute approximate surface area is 196 Å². The summed E-state index contributed by atoms with van der Waals surface area (Å²) in [7, 11) is 0. The standard InChI is InChI=1S/C26H22N2O4S/c1-17-6-2-3-7-19(17)13-24-26(30)28(20-8-4-5-9-23(20)33-24)15-25(29)27-14-18-10-11-21-22(12-18)32-16-31-21/h2-13H,14-16H2,1H3,(H,27,29). The largest absolute Gasteiger partial charge is 0.454 e. The van der Waals surface area contributed by atoms with Crippen LogP contribution in [0.1, 0.15) is 16.7 Å². The van der Waals surface area contributed by atoms with Gasteiger partial charge in [-0.1, -0.05) is 54.2 Å². The Morgan fingerprint density at radius 3 is 2.73 bits per heavy atom. The van der Waals surface area contributed by atoms with Crippen molar-refractivity contribution in [2.45, 2.75) is 18.4 Å². The van der Waals surface area contributed by atoms with Gasteiger partial charge in [-0.15, -0.1) is 0 Å². The zero-order chi connectivity index (χ0) is 22.8. The molecule has 3 aromatic carbocycles. The zero-order valence-corrected chi connectivity index (χ0v) is 18.9. The molecule has 1 N–H and O–H groups in total. The van der Waals surface area contributed by atoms with Crippen molar-refractivity contribution in [2.24, 2.45) is 0 Å². The molecule has 2 heterocycles. The monoisotopic (exact) mass is 458 g/mol. The van der Waals surface area contributed by atoms with E-state index in [4.69, 9.17) is 9.47 Å². The molecule has 166 valence electrons. The molecule has 3 aromatic rings. The van der Waals surface area contributed by atoms with Crippen molar-refractivity contribution in [1.82, 2.24) is 5.32 Å². The molecular weight excluding hydrogens is 436 g/mol. The van der Waals surface area contributed by atoms with Gasteiger partial charge in [-0.3, -0.25) is 14.5 Å². The number of carbonyl (C=O) groups excluding carboxylic acids is 2. The van der Waals surface area contributed by atoms with Gasteiger partial charge in [-0.25, -0.2) is 0 Å². The van der Waals surface area contributed by atoms with Crippen molar-refractivity contribution >= 4 is 35.3 Å². The average molecular weight is 459 g/mol. The van der Waals surface area contributed by atoms with Crippen molar-refractivity contribution in [1.29, 1.82) is 0 Å². The highest BCUT2D eigenvalue weighted by Gasteiger charge is 2.30. The molecule has 0 aliphatic carbocycles. The summed E-state index contributed by atoms with van der Waals surface area (Å²) in [6, 6.07) is 21.1.